The Bertz CT molecular complexity index is 964. The highest BCUT2D eigenvalue weighted by Crippen LogP contribution is 2.25. The first-order valence-electron chi connectivity index (χ1n) is 9.00. The van der Waals surface area contributed by atoms with E-state index in [-0.39, 0.29) is 11.7 Å². The lowest BCUT2D eigenvalue weighted by atomic mass is 10.2. The second-order valence-corrected chi connectivity index (χ2v) is 6.35. The number of benzene rings is 2. The minimum Gasteiger partial charge on any atom is -0.493 e. The quantitative estimate of drug-likeness (QED) is 0.627. The zero-order valence-corrected chi connectivity index (χ0v) is 16.2. The number of rotatable bonds is 7. The van der Waals surface area contributed by atoms with Crippen molar-refractivity contribution in [3.8, 4) is 17.2 Å². The molecule has 0 bridgehead atoms. The molecule has 146 valence electrons. The third kappa shape index (κ3) is 4.17. The Balaban J connectivity index is 1.63. The number of halogens is 1. The van der Waals surface area contributed by atoms with Crippen LogP contribution in [0.1, 0.15) is 21.7 Å². The molecular weight excluding hydrogens is 359 g/mol. The van der Waals surface area contributed by atoms with Crippen molar-refractivity contribution in [2.24, 2.45) is 0 Å². The summed E-state index contributed by atoms with van der Waals surface area (Å²) >= 11 is 0. The van der Waals surface area contributed by atoms with Crippen LogP contribution in [-0.2, 0) is 0 Å². The largest absolute Gasteiger partial charge is 0.493 e. The van der Waals surface area contributed by atoms with Crippen LogP contribution in [0.2, 0.25) is 0 Å². The van der Waals surface area contributed by atoms with Crippen LogP contribution in [0.15, 0.2) is 54.6 Å². The molecule has 0 radical (unpaired) electrons. The number of para-hydroxylation sites is 2. The minimum absolute atomic E-state index is 0.176. The lowest BCUT2D eigenvalue weighted by Crippen LogP contribution is -2.28. The first kappa shape index (κ1) is 19.5. The number of amides is 1. The summed E-state index contributed by atoms with van der Waals surface area (Å²) in [6, 6.07) is 15.4. The molecule has 0 fully saturated rings. The first-order chi connectivity index (χ1) is 13.5. The van der Waals surface area contributed by atoms with Gasteiger partial charge >= 0.3 is 0 Å². The monoisotopic (exact) mass is 382 g/mol. The van der Waals surface area contributed by atoms with Crippen molar-refractivity contribution in [2.75, 3.05) is 20.3 Å². The number of aryl methyl sites for hydroxylation is 1. The number of ether oxygens (including phenoxy) is 2. The molecule has 0 aliphatic heterocycles. The van der Waals surface area contributed by atoms with E-state index in [4.69, 9.17) is 9.47 Å². The van der Waals surface area contributed by atoms with E-state index in [9.17, 15) is 9.18 Å². The molecule has 0 unspecified atom stereocenters. The number of aromatic nitrogens is 1. The van der Waals surface area contributed by atoms with E-state index < -0.39 is 0 Å². The van der Waals surface area contributed by atoms with Crippen molar-refractivity contribution in [1.29, 1.82) is 0 Å². The van der Waals surface area contributed by atoms with E-state index in [1.165, 1.54) is 12.1 Å². The Labute approximate surface area is 163 Å². The van der Waals surface area contributed by atoms with Crippen LogP contribution in [-0.4, -0.2) is 30.7 Å². The van der Waals surface area contributed by atoms with Crippen LogP contribution in [0.25, 0.3) is 5.69 Å². The fourth-order valence-electron chi connectivity index (χ4n) is 3.14. The van der Waals surface area contributed by atoms with Gasteiger partial charge in [0.15, 0.2) is 11.5 Å². The molecule has 0 aliphatic rings. The molecule has 3 aromatic rings. The summed E-state index contributed by atoms with van der Waals surface area (Å²) in [6.07, 6.45) is 0. The number of carbonyl (C=O) groups excluding carboxylic acids is 1. The molecular formula is C22H23FN2O3. The maximum absolute atomic E-state index is 13.2. The highest BCUT2D eigenvalue weighted by Gasteiger charge is 2.16. The van der Waals surface area contributed by atoms with Crippen molar-refractivity contribution in [3.63, 3.8) is 0 Å². The Morgan fingerprint density at radius 1 is 1.07 bits per heavy atom. The maximum Gasteiger partial charge on any atom is 0.253 e. The van der Waals surface area contributed by atoms with E-state index in [0.29, 0.717) is 30.2 Å². The SMILES string of the molecule is COc1ccccc1OCCNC(=O)c1cc(C)n(-c2ccc(F)cc2)c1C. The molecule has 0 saturated heterocycles. The first-order valence-corrected chi connectivity index (χ1v) is 9.00. The fourth-order valence-corrected chi connectivity index (χ4v) is 3.14. The van der Waals surface area contributed by atoms with Crippen LogP contribution in [0.4, 0.5) is 4.39 Å². The lowest BCUT2D eigenvalue weighted by Gasteiger charge is -2.11. The van der Waals surface area contributed by atoms with Gasteiger partial charge in [0.2, 0.25) is 0 Å². The van der Waals surface area contributed by atoms with Gasteiger partial charge < -0.3 is 19.4 Å². The van der Waals surface area contributed by atoms with Gasteiger partial charge in [-0.1, -0.05) is 12.1 Å². The number of carbonyl (C=O) groups is 1. The third-order valence-corrected chi connectivity index (χ3v) is 4.47. The zero-order valence-electron chi connectivity index (χ0n) is 16.2. The van der Waals surface area contributed by atoms with E-state index >= 15 is 0 Å². The van der Waals surface area contributed by atoms with Crippen molar-refractivity contribution < 1.29 is 18.7 Å². The van der Waals surface area contributed by atoms with Crippen LogP contribution < -0.4 is 14.8 Å². The summed E-state index contributed by atoms with van der Waals surface area (Å²) in [7, 11) is 1.58. The Morgan fingerprint density at radius 2 is 1.75 bits per heavy atom. The predicted molar refractivity (Wildman–Crippen MR) is 106 cm³/mol. The molecule has 0 aliphatic carbocycles. The third-order valence-electron chi connectivity index (χ3n) is 4.47. The summed E-state index contributed by atoms with van der Waals surface area (Å²) in [4.78, 5) is 12.6. The molecule has 28 heavy (non-hydrogen) atoms. The van der Waals surface area contributed by atoms with Gasteiger partial charge in [0.25, 0.3) is 5.91 Å². The van der Waals surface area contributed by atoms with Crippen LogP contribution >= 0.6 is 0 Å². The second kappa shape index (κ2) is 8.61. The molecule has 0 saturated carbocycles. The summed E-state index contributed by atoms with van der Waals surface area (Å²) in [5, 5.41) is 2.87. The predicted octanol–water partition coefficient (Wildman–Crippen LogP) is 4.05. The van der Waals surface area contributed by atoms with Gasteiger partial charge in [0, 0.05) is 17.1 Å². The van der Waals surface area contributed by atoms with Crippen molar-refractivity contribution in [3.05, 3.63) is 77.4 Å². The zero-order chi connectivity index (χ0) is 20.1. The smallest absolute Gasteiger partial charge is 0.253 e. The van der Waals surface area contributed by atoms with Gasteiger partial charge in [-0.05, 0) is 56.3 Å². The van der Waals surface area contributed by atoms with Crippen LogP contribution in [0.3, 0.4) is 0 Å². The highest BCUT2D eigenvalue weighted by molar-refractivity contribution is 5.95. The number of hydrogen-bond donors (Lipinski definition) is 1. The number of methoxy groups -OCH3 is 1. The molecule has 5 nitrogen and oxygen atoms in total. The molecule has 0 spiro atoms. The second-order valence-electron chi connectivity index (χ2n) is 6.35. The van der Waals surface area contributed by atoms with Gasteiger partial charge in [-0.2, -0.15) is 0 Å². The molecule has 0 atom stereocenters. The van der Waals surface area contributed by atoms with Gasteiger partial charge in [0.1, 0.15) is 12.4 Å². The summed E-state index contributed by atoms with van der Waals surface area (Å²) in [5.41, 5.74) is 3.10. The molecule has 1 aromatic heterocycles. The summed E-state index contributed by atoms with van der Waals surface area (Å²) in [6.45, 7) is 4.47. The normalized spacial score (nSPS) is 10.6. The molecule has 3 rings (SSSR count). The molecule has 6 heteroatoms. The summed E-state index contributed by atoms with van der Waals surface area (Å²) in [5.74, 6) is 0.815. The Kier molecular flexibility index (Phi) is 5.99. The van der Waals surface area contributed by atoms with E-state index in [2.05, 4.69) is 5.32 Å². The lowest BCUT2D eigenvalue weighted by molar-refractivity contribution is 0.0946. The summed E-state index contributed by atoms with van der Waals surface area (Å²) < 4.78 is 26.0. The van der Waals surface area contributed by atoms with Crippen LogP contribution in [0, 0.1) is 19.7 Å². The average molecular weight is 382 g/mol. The minimum atomic E-state index is -0.292. The van der Waals surface area contributed by atoms with Crippen LogP contribution in [0.5, 0.6) is 11.5 Å². The average Bonchev–Trinajstić information content (AvgIpc) is 3.00. The van der Waals surface area contributed by atoms with Gasteiger partial charge in [-0.15, -0.1) is 0 Å². The van der Waals surface area contributed by atoms with E-state index in [0.717, 1.165) is 17.1 Å². The van der Waals surface area contributed by atoms with Crippen molar-refractivity contribution in [1.82, 2.24) is 9.88 Å². The number of nitrogens with one attached hydrogen (secondary N) is 1. The molecule has 2 aromatic carbocycles. The topological polar surface area (TPSA) is 52.5 Å². The van der Waals surface area contributed by atoms with E-state index in [1.54, 1.807) is 19.2 Å². The number of hydrogen-bond acceptors (Lipinski definition) is 3. The fraction of sp³-hybridized carbons (Fsp3) is 0.227. The van der Waals surface area contributed by atoms with Gasteiger partial charge in [-0.25, -0.2) is 4.39 Å². The Hall–Kier alpha value is -3.28. The van der Waals surface area contributed by atoms with Gasteiger partial charge in [-0.3, -0.25) is 4.79 Å². The Morgan fingerprint density at radius 3 is 2.43 bits per heavy atom. The molecule has 1 amide bonds. The molecule has 1 N–H and O–H groups in total. The van der Waals surface area contributed by atoms with Gasteiger partial charge in [0.05, 0.1) is 19.2 Å². The molecule has 1 heterocycles. The highest BCUT2D eigenvalue weighted by atomic mass is 19.1. The number of nitrogens with zero attached hydrogens (tertiary/aromatic N) is 1. The maximum atomic E-state index is 13.2. The van der Waals surface area contributed by atoms with E-state index in [1.807, 2.05) is 48.7 Å². The standard InChI is InChI=1S/C22H23FN2O3/c1-15-14-19(16(2)25(15)18-10-8-17(23)9-11-18)22(26)24-12-13-28-21-7-5-4-6-20(21)27-3/h4-11,14H,12-13H2,1-3H3,(H,24,26). The van der Waals surface area contributed by atoms with Crippen molar-refractivity contribution >= 4 is 5.91 Å². The van der Waals surface area contributed by atoms with Crippen molar-refractivity contribution in [2.45, 2.75) is 13.8 Å².